The van der Waals surface area contributed by atoms with E-state index < -0.39 is 6.04 Å². The normalized spacial score (nSPS) is 22.1. The van der Waals surface area contributed by atoms with E-state index in [1.165, 1.54) is 11.1 Å². The summed E-state index contributed by atoms with van der Waals surface area (Å²) in [6.07, 6.45) is 1.26. The van der Waals surface area contributed by atoms with Gasteiger partial charge in [0.2, 0.25) is 5.91 Å². The molecule has 2 aliphatic heterocycles. The van der Waals surface area contributed by atoms with Crippen LogP contribution < -0.4 is 10.6 Å². The van der Waals surface area contributed by atoms with Crippen LogP contribution in [0.5, 0.6) is 0 Å². The minimum Gasteiger partial charge on any atom is -0.380 e. The Labute approximate surface area is 210 Å². The number of nitrogens with zero attached hydrogens (tertiary/aromatic N) is 2. The van der Waals surface area contributed by atoms with Gasteiger partial charge in [0.1, 0.15) is 6.04 Å². The van der Waals surface area contributed by atoms with Crippen LogP contribution in [0.4, 0.5) is 16.2 Å². The van der Waals surface area contributed by atoms with Crippen molar-refractivity contribution in [1.29, 1.82) is 0 Å². The largest absolute Gasteiger partial charge is 0.380 e. The number of likely N-dealkylation sites (N-methyl/N-ethyl adjacent to an activating group) is 1. The molecule has 0 bridgehead atoms. The zero-order chi connectivity index (χ0) is 24.5. The molecule has 0 unspecified atom stereocenters. The van der Waals surface area contributed by atoms with Crippen molar-refractivity contribution in [3.63, 3.8) is 0 Å². The molecule has 2 N–H and O–H groups in total. The molecule has 1 fully saturated rings. The third-order valence-corrected chi connectivity index (χ3v) is 7.32. The summed E-state index contributed by atoms with van der Waals surface area (Å²) >= 11 is 3.40. The first-order valence-electron chi connectivity index (χ1n) is 11.6. The molecule has 7 nitrogen and oxygen atoms in total. The Morgan fingerprint density at radius 3 is 2.50 bits per heavy atom. The van der Waals surface area contributed by atoms with E-state index in [1.807, 2.05) is 30.3 Å². The van der Waals surface area contributed by atoms with Crippen molar-refractivity contribution >= 4 is 39.2 Å². The maximum Gasteiger partial charge on any atom is 0.322 e. The Hall–Kier alpha value is -2.42. The lowest BCUT2D eigenvalue weighted by molar-refractivity contribution is -0.119. The molecule has 2 heterocycles. The average Bonchev–Trinajstić information content (AvgIpc) is 3.20. The fourth-order valence-electron chi connectivity index (χ4n) is 5.05. The molecule has 3 amide bonds. The first-order chi connectivity index (χ1) is 16.2. The number of hydrogen-bond donors (Lipinski definition) is 2. The van der Waals surface area contributed by atoms with Gasteiger partial charge in [0.15, 0.2) is 0 Å². The molecular formula is C26H33BrN4O3. The van der Waals surface area contributed by atoms with Crippen LogP contribution >= 0.6 is 15.9 Å². The van der Waals surface area contributed by atoms with Gasteiger partial charge in [-0.3, -0.25) is 4.79 Å². The molecule has 0 aliphatic carbocycles. The van der Waals surface area contributed by atoms with Crippen LogP contribution in [0.3, 0.4) is 0 Å². The molecule has 2 atom stereocenters. The topological polar surface area (TPSA) is 73.9 Å². The second kappa shape index (κ2) is 10.1. The van der Waals surface area contributed by atoms with E-state index in [2.05, 4.69) is 64.5 Å². The molecule has 0 aromatic heterocycles. The van der Waals surface area contributed by atoms with Gasteiger partial charge >= 0.3 is 6.03 Å². The number of anilines is 2. The van der Waals surface area contributed by atoms with Crippen LogP contribution in [0.15, 0.2) is 46.9 Å². The van der Waals surface area contributed by atoms with Crippen molar-refractivity contribution in [1.82, 2.24) is 9.80 Å². The van der Waals surface area contributed by atoms with Crippen LogP contribution in [0.2, 0.25) is 0 Å². The average molecular weight is 529 g/mol. The number of amides is 3. The van der Waals surface area contributed by atoms with Crippen molar-refractivity contribution < 1.29 is 14.3 Å². The van der Waals surface area contributed by atoms with Crippen molar-refractivity contribution in [2.75, 3.05) is 44.4 Å². The number of carbonyl (C=O) groups is 2. The van der Waals surface area contributed by atoms with E-state index in [0.29, 0.717) is 18.7 Å². The highest BCUT2D eigenvalue weighted by atomic mass is 79.9. The van der Waals surface area contributed by atoms with E-state index in [0.717, 1.165) is 29.7 Å². The van der Waals surface area contributed by atoms with Crippen LogP contribution in [0, 0.1) is 0 Å². The van der Waals surface area contributed by atoms with Gasteiger partial charge in [-0.2, -0.15) is 0 Å². The van der Waals surface area contributed by atoms with Crippen molar-refractivity contribution in [2.24, 2.45) is 0 Å². The molecular weight excluding hydrogens is 496 g/mol. The number of rotatable bonds is 4. The number of fused-ring (bicyclic) bond motifs is 1. The summed E-state index contributed by atoms with van der Waals surface area (Å²) in [6.45, 7) is 6.83. The van der Waals surface area contributed by atoms with Crippen LogP contribution in [0.1, 0.15) is 31.4 Å². The molecule has 182 valence electrons. The lowest BCUT2D eigenvalue weighted by atomic mass is 9.81. The Morgan fingerprint density at radius 1 is 1.09 bits per heavy atom. The summed E-state index contributed by atoms with van der Waals surface area (Å²) in [5.74, 6) is -0.200. The van der Waals surface area contributed by atoms with E-state index in [-0.39, 0.29) is 23.5 Å². The van der Waals surface area contributed by atoms with Gasteiger partial charge in [-0.1, -0.05) is 35.8 Å². The van der Waals surface area contributed by atoms with Gasteiger partial charge in [-0.25, -0.2) is 4.79 Å². The van der Waals surface area contributed by atoms with Crippen molar-refractivity contribution in [3.8, 4) is 0 Å². The number of methoxy groups -OCH3 is 1. The molecule has 2 aliphatic rings. The molecule has 4 rings (SSSR count). The second-order valence-corrected chi connectivity index (χ2v) is 10.8. The minimum absolute atomic E-state index is 0.0214. The summed E-state index contributed by atoms with van der Waals surface area (Å²) in [5, 5.41) is 5.96. The minimum atomic E-state index is -0.613. The van der Waals surface area contributed by atoms with Gasteiger partial charge in [0.05, 0.1) is 6.10 Å². The lowest BCUT2D eigenvalue weighted by Crippen LogP contribution is -2.45. The number of likely N-dealkylation sites (tertiary alicyclic amines) is 1. The quantitative estimate of drug-likeness (QED) is 0.613. The van der Waals surface area contributed by atoms with E-state index in [1.54, 1.807) is 12.0 Å². The number of nitrogens with one attached hydrogen (secondary N) is 2. The van der Waals surface area contributed by atoms with Crippen LogP contribution in [-0.2, 0) is 21.4 Å². The summed E-state index contributed by atoms with van der Waals surface area (Å²) in [6, 6.07) is 12.6. The Morgan fingerprint density at radius 2 is 1.79 bits per heavy atom. The monoisotopic (exact) mass is 528 g/mol. The van der Waals surface area contributed by atoms with Gasteiger partial charge in [-0.15, -0.1) is 0 Å². The Bertz CT molecular complexity index is 1060. The van der Waals surface area contributed by atoms with Crippen molar-refractivity contribution in [2.45, 2.75) is 44.2 Å². The SMILES string of the molecule is CO[C@@H]1C[C@H](C(=O)Nc2ccc3c(c2)C(C)(C)CN(C)CC3)N(C(=O)Nc2ccc(Br)cc2)C1. The highest BCUT2D eigenvalue weighted by Crippen LogP contribution is 2.33. The summed E-state index contributed by atoms with van der Waals surface area (Å²) < 4.78 is 6.43. The third kappa shape index (κ3) is 5.45. The first-order valence-corrected chi connectivity index (χ1v) is 12.4. The number of hydrogen-bond acceptors (Lipinski definition) is 4. The van der Waals surface area contributed by atoms with E-state index in [9.17, 15) is 9.59 Å². The molecule has 0 saturated carbocycles. The molecule has 0 spiro atoms. The van der Waals surface area contributed by atoms with E-state index in [4.69, 9.17) is 4.74 Å². The molecule has 0 radical (unpaired) electrons. The highest BCUT2D eigenvalue weighted by molar-refractivity contribution is 9.10. The number of carbonyl (C=O) groups excluding carboxylic acids is 2. The van der Waals surface area contributed by atoms with Gasteiger partial charge in [0.25, 0.3) is 0 Å². The zero-order valence-corrected chi connectivity index (χ0v) is 21.8. The zero-order valence-electron chi connectivity index (χ0n) is 20.2. The Balaban J connectivity index is 1.51. The number of ether oxygens (including phenoxy) is 1. The highest BCUT2D eigenvalue weighted by Gasteiger charge is 2.40. The maximum atomic E-state index is 13.3. The number of urea groups is 1. The first kappa shape index (κ1) is 24.7. The lowest BCUT2D eigenvalue weighted by Gasteiger charge is -2.29. The molecule has 1 saturated heterocycles. The summed E-state index contributed by atoms with van der Waals surface area (Å²) in [7, 11) is 3.76. The molecule has 8 heteroatoms. The van der Waals surface area contributed by atoms with Gasteiger partial charge < -0.3 is 25.2 Å². The number of benzene rings is 2. The predicted octanol–water partition coefficient (Wildman–Crippen LogP) is 4.47. The second-order valence-electron chi connectivity index (χ2n) is 9.93. The fourth-order valence-corrected chi connectivity index (χ4v) is 5.31. The standard InChI is InChI=1S/C26H33BrN4O3/c1-26(2)16-30(3)12-11-17-5-8-20(13-22(17)26)28-24(32)23-14-21(34-4)15-31(23)25(33)29-19-9-6-18(27)7-10-19/h5-10,13,21,23H,11-12,14-16H2,1-4H3,(H,28,32)(H,29,33)/t21-,23-/m1/s1. The fraction of sp³-hybridized carbons (Fsp3) is 0.462. The molecule has 2 aromatic rings. The smallest absolute Gasteiger partial charge is 0.322 e. The maximum absolute atomic E-state index is 13.3. The predicted molar refractivity (Wildman–Crippen MR) is 138 cm³/mol. The summed E-state index contributed by atoms with van der Waals surface area (Å²) in [5.41, 5.74) is 4.00. The van der Waals surface area contributed by atoms with Gasteiger partial charge in [0, 0.05) is 54.4 Å². The van der Waals surface area contributed by atoms with Crippen LogP contribution in [0.25, 0.3) is 0 Å². The number of halogens is 1. The Kier molecular flexibility index (Phi) is 7.31. The van der Waals surface area contributed by atoms with Gasteiger partial charge in [-0.05, 0) is 61.0 Å². The summed E-state index contributed by atoms with van der Waals surface area (Å²) in [4.78, 5) is 30.3. The molecule has 34 heavy (non-hydrogen) atoms. The molecule has 2 aromatic carbocycles. The van der Waals surface area contributed by atoms with Crippen LogP contribution in [-0.4, -0.2) is 67.7 Å². The van der Waals surface area contributed by atoms with E-state index >= 15 is 0 Å². The third-order valence-electron chi connectivity index (χ3n) is 6.79. The van der Waals surface area contributed by atoms with Crippen molar-refractivity contribution in [3.05, 3.63) is 58.1 Å².